The zero-order valence-electron chi connectivity index (χ0n) is 16.3. The molecule has 8 heteroatoms. The zero-order chi connectivity index (χ0) is 19.7. The van der Waals surface area contributed by atoms with Gasteiger partial charge in [-0.3, -0.25) is 9.69 Å². The molecule has 2 aliphatic heterocycles. The average Bonchev–Trinajstić information content (AvgIpc) is 3.15. The molecule has 2 fully saturated rings. The van der Waals surface area contributed by atoms with Crippen molar-refractivity contribution >= 4 is 26.8 Å². The Morgan fingerprint density at radius 3 is 2.68 bits per heavy atom. The van der Waals surface area contributed by atoms with Crippen molar-refractivity contribution in [3.05, 3.63) is 30.1 Å². The number of para-hydroxylation sites is 2. The van der Waals surface area contributed by atoms with Crippen molar-refractivity contribution in [3.63, 3.8) is 0 Å². The van der Waals surface area contributed by atoms with Crippen LogP contribution >= 0.6 is 0 Å². The minimum absolute atomic E-state index is 0.0583. The second kappa shape index (κ2) is 7.83. The summed E-state index contributed by atoms with van der Waals surface area (Å²) in [5, 5.41) is 2.88. The standard InChI is InChI=1S/C20H28N4O3S/c1-15-21-18-4-2-3-5-19(18)24(15)12-16-6-9-23(10-7-16)13-20(25)22-17-8-11-28(26,27)14-17/h2-5,16-17H,6-14H2,1H3,(H,22,25). The maximum absolute atomic E-state index is 12.2. The number of benzene rings is 1. The molecule has 1 atom stereocenters. The lowest BCUT2D eigenvalue weighted by Crippen LogP contribution is -2.45. The highest BCUT2D eigenvalue weighted by Crippen LogP contribution is 2.23. The van der Waals surface area contributed by atoms with Gasteiger partial charge in [0.2, 0.25) is 5.91 Å². The first-order valence-corrected chi connectivity index (χ1v) is 11.9. The van der Waals surface area contributed by atoms with Crippen LogP contribution in [0, 0.1) is 12.8 Å². The molecule has 0 spiro atoms. The van der Waals surface area contributed by atoms with E-state index in [2.05, 4.69) is 44.9 Å². The lowest BCUT2D eigenvalue weighted by Gasteiger charge is -2.32. The molecule has 7 nitrogen and oxygen atoms in total. The first-order valence-electron chi connectivity index (χ1n) is 10.0. The van der Waals surface area contributed by atoms with Crippen LogP contribution in [-0.2, 0) is 21.2 Å². The largest absolute Gasteiger partial charge is 0.351 e. The maximum Gasteiger partial charge on any atom is 0.234 e. The van der Waals surface area contributed by atoms with Gasteiger partial charge in [0.15, 0.2) is 9.84 Å². The number of amides is 1. The van der Waals surface area contributed by atoms with Gasteiger partial charge >= 0.3 is 0 Å². The number of carbonyl (C=O) groups is 1. The quantitative estimate of drug-likeness (QED) is 0.813. The number of carbonyl (C=O) groups excluding carboxylic acids is 1. The minimum atomic E-state index is -2.96. The molecule has 152 valence electrons. The molecule has 2 aromatic rings. The highest BCUT2D eigenvalue weighted by Gasteiger charge is 2.29. The van der Waals surface area contributed by atoms with Gasteiger partial charge in [0.1, 0.15) is 5.82 Å². The molecule has 1 N–H and O–H groups in total. The Morgan fingerprint density at radius 2 is 1.96 bits per heavy atom. The normalized spacial score (nSPS) is 23.2. The summed E-state index contributed by atoms with van der Waals surface area (Å²) in [6.45, 7) is 5.17. The Morgan fingerprint density at radius 1 is 1.21 bits per heavy atom. The van der Waals surface area contributed by atoms with Gasteiger partial charge in [-0.2, -0.15) is 0 Å². The third-order valence-electron chi connectivity index (χ3n) is 5.96. The average molecular weight is 405 g/mol. The lowest BCUT2D eigenvalue weighted by molar-refractivity contribution is -0.123. The van der Waals surface area contributed by atoms with Gasteiger partial charge in [0.25, 0.3) is 0 Å². The molecule has 1 unspecified atom stereocenters. The van der Waals surface area contributed by atoms with E-state index < -0.39 is 9.84 Å². The summed E-state index contributed by atoms with van der Waals surface area (Å²) in [5.41, 5.74) is 2.23. The van der Waals surface area contributed by atoms with Crippen LogP contribution in [0.1, 0.15) is 25.1 Å². The monoisotopic (exact) mass is 404 g/mol. The van der Waals surface area contributed by atoms with E-state index in [0.717, 1.165) is 43.8 Å². The van der Waals surface area contributed by atoms with E-state index in [1.54, 1.807) is 0 Å². The minimum Gasteiger partial charge on any atom is -0.351 e. The molecule has 4 rings (SSSR count). The fraction of sp³-hybridized carbons (Fsp3) is 0.600. The number of imidazole rings is 1. The van der Waals surface area contributed by atoms with Crippen LogP contribution in [0.3, 0.4) is 0 Å². The van der Waals surface area contributed by atoms with Crippen molar-refractivity contribution in [3.8, 4) is 0 Å². The first kappa shape index (κ1) is 19.4. The summed E-state index contributed by atoms with van der Waals surface area (Å²) in [7, 11) is -2.96. The predicted octanol–water partition coefficient (Wildman–Crippen LogP) is 1.36. The Balaban J connectivity index is 1.26. The Hall–Kier alpha value is -1.93. The van der Waals surface area contributed by atoms with Crippen LogP contribution in [-0.4, -0.2) is 66.0 Å². The van der Waals surface area contributed by atoms with Gasteiger partial charge in [-0.1, -0.05) is 12.1 Å². The SMILES string of the molecule is Cc1nc2ccccc2n1CC1CCN(CC(=O)NC2CCS(=O)(=O)C2)CC1. The number of nitrogens with zero attached hydrogens (tertiary/aromatic N) is 3. The van der Waals surface area contributed by atoms with E-state index in [-0.39, 0.29) is 23.5 Å². The van der Waals surface area contributed by atoms with Crippen LogP contribution in [0.2, 0.25) is 0 Å². The molecule has 1 aromatic carbocycles. The van der Waals surface area contributed by atoms with Gasteiger partial charge < -0.3 is 9.88 Å². The molecule has 0 aliphatic carbocycles. The van der Waals surface area contributed by atoms with Crippen molar-refractivity contribution in [2.24, 2.45) is 5.92 Å². The van der Waals surface area contributed by atoms with Crippen molar-refractivity contribution in [1.29, 1.82) is 0 Å². The molecule has 1 amide bonds. The Kier molecular flexibility index (Phi) is 5.42. The number of aromatic nitrogens is 2. The molecule has 3 heterocycles. The van der Waals surface area contributed by atoms with E-state index in [1.807, 2.05) is 6.07 Å². The van der Waals surface area contributed by atoms with Gasteiger partial charge in [-0.15, -0.1) is 0 Å². The van der Waals surface area contributed by atoms with Gasteiger partial charge in [0, 0.05) is 12.6 Å². The summed E-state index contributed by atoms with van der Waals surface area (Å²) in [4.78, 5) is 19.1. The third kappa shape index (κ3) is 4.38. The Labute approximate surface area is 166 Å². The number of likely N-dealkylation sites (tertiary alicyclic amines) is 1. The highest BCUT2D eigenvalue weighted by molar-refractivity contribution is 7.91. The molecule has 28 heavy (non-hydrogen) atoms. The van der Waals surface area contributed by atoms with Gasteiger partial charge in [-0.05, 0) is 57.3 Å². The van der Waals surface area contributed by atoms with E-state index in [0.29, 0.717) is 18.9 Å². The number of sulfone groups is 1. The van der Waals surface area contributed by atoms with Crippen molar-refractivity contribution in [2.45, 2.75) is 38.8 Å². The zero-order valence-corrected chi connectivity index (χ0v) is 17.1. The smallest absolute Gasteiger partial charge is 0.234 e. The van der Waals surface area contributed by atoms with E-state index in [4.69, 9.17) is 0 Å². The van der Waals surface area contributed by atoms with Crippen LogP contribution in [0.4, 0.5) is 0 Å². The van der Waals surface area contributed by atoms with Crippen molar-refractivity contribution < 1.29 is 13.2 Å². The molecule has 0 radical (unpaired) electrons. The summed E-state index contributed by atoms with van der Waals surface area (Å²) in [5.74, 6) is 1.84. The number of rotatable bonds is 5. The van der Waals surface area contributed by atoms with Crippen molar-refractivity contribution in [2.75, 3.05) is 31.1 Å². The molecule has 2 saturated heterocycles. The van der Waals surface area contributed by atoms with Crippen LogP contribution in [0.5, 0.6) is 0 Å². The van der Waals surface area contributed by atoms with E-state index in [9.17, 15) is 13.2 Å². The maximum atomic E-state index is 12.2. The molecule has 2 aliphatic rings. The second-order valence-corrected chi connectivity index (χ2v) is 10.4. The van der Waals surface area contributed by atoms with Crippen LogP contribution in [0.25, 0.3) is 11.0 Å². The third-order valence-corrected chi connectivity index (χ3v) is 7.73. The molecule has 0 saturated carbocycles. The van der Waals surface area contributed by atoms with Crippen LogP contribution < -0.4 is 5.32 Å². The van der Waals surface area contributed by atoms with Gasteiger partial charge in [0.05, 0.1) is 29.1 Å². The lowest BCUT2D eigenvalue weighted by atomic mass is 9.96. The molecular weight excluding hydrogens is 376 g/mol. The van der Waals surface area contributed by atoms with E-state index >= 15 is 0 Å². The van der Waals surface area contributed by atoms with Crippen molar-refractivity contribution in [1.82, 2.24) is 19.8 Å². The number of aryl methyl sites for hydroxylation is 1. The number of fused-ring (bicyclic) bond motifs is 1. The Bertz CT molecular complexity index is 961. The predicted molar refractivity (Wildman–Crippen MR) is 109 cm³/mol. The number of hydrogen-bond donors (Lipinski definition) is 1. The fourth-order valence-corrected chi connectivity index (χ4v) is 6.07. The second-order valence-electron chi connectivity index (χ2n) is 8.15. The molecule has 0 bridgehead atoms. The molecular formula is C20H28N4O3S. The van der Waals surface area contributed by atoms with Gasteiger partial charge in [-0.25, -0.2) is 13.4 Å². The summed E-state index contributed by atoms with van der Waals surface area (Å²) in [6.07, 6.45) is 2.64. The molecule has 1 aromatic heterocycles. The first-order chi connectivity index (χ1) is 13.4. The summed E-state index contributed by atoms with van der Waals surface area (Å²) < 4.78 is 25.3. The fourth-order valence-electron chi connectivity index (χ4n) is 4.40. The number of nitrogens with one attached hydrogen (secondary N) is 1. The number of hydrogen-bond acceptors (Lipinski definition) is 5. The topological polar surface area (TPSA) is 84.3 Å². The summed E-state index contributed by atoms with van der Waals surface area (Å²) >= 11 is 0. The van der Waals surface area contributed by atoms with Crippen LogP contribution in [0.15, 0.2) is 24.3 Å². The van der Waals surface area contributed by atoms with E-state index in [1.165, 1.54) is 5.52 Å². The summed E-state index contributed by atoms with van der Waals surface area (Å²) in [6, 6.07) is 8.03. The highest BCUT2D eigenvalue weighted by atomic mass is 32.2. The number of piperidine rings is 1.